The number of hydrogen-bond acceptors (Lipinski definition) is 2. The van der Waals surface area contributed by atoms with Crippen molar-refractivity contribution in [3.05, 3.63) is 66.2 Å². The number of benzene rings is 3. The number of thiazole rings is 1. The largest absolute Gasteiger partial charge is 0.245 e. The van der Waals surface area contributed by atoms with Gasteiger partial charge in [0.1, 0.15) is 13.1 Å². The Hall–Kier alpha value is -2.23. The third-order valence-electron chi connectivity index (χ3n) is 5.98. The molecule has 140 valence electrons. The Morgan fingerprint density at radius 1 is 0.893 bits per heavy atom. The van der Waals surface area contributed by atoms with Gasteiger partial charge in [0.15, 0.2) is 0 Å². The van der Waals surface area contributed by atoms with Crippen molar-refractivity contribution < 1.29 is 0 Å². The molecule has 5 rings (SSSR count). The predicted octanol–water partition coefficient (Wildman–Crippen LogP) is 6.06. The van der Waals surface area contributed by atoms with Crippen LogP contribution in [-0.2, 0) is 5.41 Å². The van der Waals surface area contributed by atoms with Gasteiger partial charge >= 0.3 is 0 Å². The van der Waals surface area contributed by atoms with Crippen LogP contribution < -0.4 is 10.5 Å². The van der Waals surface area contributed by atoms with Gasteiger partial charge in [0, 0.05) is 10.9 Å². The van der Waals surface area contributed by atoms with E-state index in [0.29, 0.717) is 0 Å². The second-order valence-electron chi connectivity index (χ2n) is 9.36. The van der Waals surface area contributed by atoms with Crippen LogP contribution in [0.3, 0.4) is 0 Å². The first-order valence-electron chi connectivity index (χ1n) is 9.91. The summed E-state index contributed by atoms with van der Waals surface area (Å²) in [5.41, 5.74) is 4.16. The van der Waals surface area contributed by atoms with Gasteiger partial charge in [0.2, 0.25) is 0 Å². The molecule has 0 amide bonds. The molecule has 0 spiro atoms. The Labute approximate surface area is 172 Å². The van der Waals surface area contributed by atoms with Crippen molar-refractivity contribution in [1.29, 1.82) is 0 Å². The summed E-state index contributed by atoms with van der Waals surface area (Å²) in [4.78, 5) is 6.63. The zero-order valence-electron chi connectivity index (χ0n) is 17.1. The summed E-state index contributed by atoms with van der Waals surface area (Å²) in [6.45, 7) is 11.8. The van der Waals surface area contributed by atoms with Gasteiger partial charge in [-0.2, -0.15) is 0 Å². The molecule has 28 heavy (non-hydrogen) atoms. The number of fused-ring (bicyclic) bond motifs is 4. The summed E-state index contributed by atoms with van der Waals surface area (Å²) in [5, 5.41) is 6.71. The quantitative estimate of drug-likeness (QED) is 0.354. The molecule has 0 radical (unpaired) electrons. The molecule has 0 bridgehead atoms. The van der Waals surface area contributed by atoms with Crippen molar-refractivity contribution in [2.45, 2.75) is 39.3 Å². The number of nitrogens with zero attached hydrogens (tertiary/aromatic N) is 1. The lowest BCUT2D eigenvalue weighted by molar-refractivity contribution is 0.596. The van der Waals surface area contributed by atoms with E-state index in [4.69, 9.17) is 4.98 Å². The molecule has 1 aliphatic heterocycles. The van der Waals surface area contributed by atoms with Crippen LogP contribution in [0, 0.1) is 0 Å². The summed E-state index contributed by atoms with van der Waals surface area (Å²) in [5.74, 6) is 0. The minimum absolute atomic E-state index is 0.0935. The molecule has 1 nitrogen and oxygen atoms in total. The minimum Gasteiger partial charge on any atom is -0.245 e. The van der Waals surface area contributed by atoms with Crippen molar-refractivity contribution in [1.82, 2.24) is 4.98 Å². The zero-order chi connectivity index (χ0) is 19.7. The fourth-order valence-corrected chi connectivity index (χ4v) is 9.29. The van der Waals surface area contributed by atoms with Gasteiger partial charge in [-0.3, -0.25) is 0 Å². The first-order chi connectivity index (χ1) is 13.3. The third kappa shape index (κ3) is 2.53. The first kappa shape index (κ1) is 17.8. The smallest absolute Gasteiger partial charge is 0.138 e. The van der Waals surface area contributed by atoms with Crippen LogP contribution in [0.15, 0.2) is 60.7 Å². The van der Waals surface area contributed by atoms with E-state index >= 15 is 0 Å². The Morgan fingerprint density at radius 3 is 2.39 bits per heavy atom. The molecule has 1 aromatic heterocycles. The third-order valence-corrected chi connectivity index (χ3v) is 10.6. The molecule has 3 heteroatoms. The van der Waals surface area contributed by atoms with Gasteiger partial charge in [0.05, 0.1) is 4.88 Å². The molecule has 2 heterocycles. The molecule has 4 aromatic rings. The predicted molar refractivity (Wildman–Crippen MR) is 126 cm³/mol. The van der Waals surface area contributed by atoms with Gasteiger partial charge < -0.3 is 0 Å². The molecule has 0 N–H and O–H groups in total. The molecular weight excluding hydrogens is 374 g/mol. The monoisotopic (exact) mass is 399 g/mol. The standard InChI is InChI=1S/C25H25NSSi/c1-25(2,3)20-15-17(14-16-10-6-7-11-18(16)20)23-26-24-22(27-23)19-12-8-9-13-21(19)28(24,4)5/h6-15H,1-5H3. The van der Waals surface area contributed by atoms with E-state index in [2.05, 4.69) is 94.5 Å². The summed E-state index contributed by atoms with van der Waals surface area (Å²) >= 11 is 1.87. The van der Waals surface area contributed by atoms with Crippen molar-refractivity contribution in [2.24, 2.45) is 0 Å². The first-order valence-corrected chi connectivity index (χ1v) is 13.7. The highest BCUT2D eigenvalue weighted by atomic mass is 32.1. The molecule has 0 fully saturated rings. The van der Waals surface area contributed by atoms with E-state index in [0.717, 1.165) is 5.01 Å². The lowest BCUT2D eigenvalue weighted by atomic mass is 9.82. The molecule has 0 saturated carbocycles. The summed E-state index contributed by atoms with van der Waals surface area (Å²) in [6, 6.07) is 22.3. The van der Waals surface area contributed by atoms with E-state index in [9.17, 15) is 0 Å². The Kier molecular flexibility index (Phi) is 3.75. The average molecular weight is 400 g/mol. The van der Waals surface area contributed by atoms with E-state index in [1.54, 1.807) is 0 Å². The molecule has 3 aromatic carbocycles. The summed E-state index contributed by atoms with van der Waals surface area (Å²) in [7, 11) is -1.70. The molecule has 0 saturated heterocycles. The van der Waals surface area contributed by atoms with Crippen LogP contribution >= 0.6 is 11.3 Å². The number of hydrogen-bond donors (Lipinski definition) is 0. The van der Waals surface area contributed by atoms with E-state index in [1.165, 1.54) is 42.8 Å². The highest BCUT2D eigenvalue weighted by Gasteiger charge is 2.40. The van der Waals surface area contributed by atoms with Crippen LogP contribution in [0.25, 0.3) is 31.8 Å². The molecule has 0 unspecified atom stereocenters. The van der Waals surface area contributed by atoms with Crippen LogP contribution in [0.2, 0.25) is 13.1 Å². The highest BCUT2D eigenvalue weighted by molar-refractivity contribution is 7.23. The Morgan fingerprint density at radius 2 is 1.61 bits per heavy atom. The van der Waals surface area contributed by atoms with Crippen LogP contribution in [0.4, 0.5) is 0 Å². The fourth-order valence-electron chi connectivity index (χ4n) is 4.46. The van der Waals surface area contributed by atoms with Crippen molar-refractivity contribution in [3.63, 3.8) is 0 Å². The highest BCUT2D eigenvalue weighted by Crippen LogP contribution is 2.39. The maximum atomic E-state index is 5.24. The average Bonchev–Trinajstić information content (AvgIpc) is 3.19. The minimum atomic E-state index is -1.70. The van der Waals surface area contributed by atoms with Crippen molar-refractivity contribution >= 4 is 40.7 Å². The van der Waals surface area contributed by atoms with Gasteiger partial charge in [-0.05, 0) is 44.6 Å². The Balaban J connectivity index is 1.74. The van der Waals surface area contributed by atoms with E-state index in [-0.39, 0.29) is 5.41 Å². The number of aromatic nitrogens is 1. The fraction of sp³-hybridized carbons (Fsp3) is 0.240. The molecular formula is C25H25NSSi. The Bertz CT molecular complexity index is 1230. The molecule has 1 aliphatic rings. The maximum absolute atomic E-state index is 5.24. The molecule has 0 aliphatic carbocycles. The van der Waals surface area contributed by atoms with E-state index < -0.39 is 8.07 Å². The molecule has 0 atom stereocenters. The second kappa shape index (κ2) is 5.88. The van der Waals surface area contributed by atoms with Gasteiger partial charge in [0.25, 0.3) is 0 Å². The topological polar surface area (TPSA) is 12.9 Å². The number of rotatable bonds is 1. The normalized spacial score (nSPS) is 14.9. The van der Waals surface area contributed by atoms with Crippen molar-refractivity contribution in [3.8, 4) is 21.0 Å². The van der Waals surface area contributed by atoms with Gasteiger partial charge in [-0.1, -0.05) is 82.4 Å². The maximum Gasteiger partial charge on any atom is 0.138 e. The lowest BCUT2D eigenvalue weighted by Gasteiger charge is -2.22. The second-order valence-corrected chi connectivity index (χ2v) is 14.6. The lowest BCUT2D eigenvalue weighted by Crippen LogP contribution is -2.50. The van der Waals surface area contributed by atoms with Crippen LogP contribution in [-0.4, -0.2) is 13.1 Å². The summed E-state index contributed by atoms with van der Waals surface area (Å²) in [6.07, 6.45) is 0. The van der Waals surface area contributed by atoms with Crippen molar-refractivity contribution in [2.75, 3.05) is 0 Å². The van der Waals surface area contributed by atoms with E-state index in [1.807, 2.05) is 11.3 Å². The van der Waals surface area contributed by atoms with Gasteiger partial charge in [-0.25, -0.2) is 4.98 Å². The van der Waals surface area contributed by atoms with Crippen LogP contribution in [0.5, 0.6) is 0 Å². The van der Waals surface area contributed by atoms with Gasteiger partial charge in [-0.15, -0.1) is 11.3 Å². The van der Waals surface area contributed by atoms with Crippen LogP contribution in [0.1, 0.15) is 26.3 Å². The zero-order valence-corrected chi connectivity index (χ0v) is 18.9. The SMILES string of the molecule is CC(C)(C)c1cc(-c2nc3c(s2)-c2ccccc2[Si]3(C)C)cc2ccccc12. The summed E-state index contributed by atoms with van der Waals surface area (Å²) < 4.78 is 0.